The largest absolute Gasteiger partial charge is 0.508 e. The summed E-state index contributed by atoms with van der Waals surface area (Å²) in [5, 5.41) is 10.2. The van der Waals surface area contributed by atoms with E-state index in [-0.39, 0.29) is 28.8 Å². The molecule has 5 nitrogen and oxygen atoms in total. The lowest BCUT2D eigenvalue weighted by Crippen LogP contribution is -2.64. The van der Waals surface area contributed by atoms with E-state index in [2.05, 4.69) is 4.90 Å². The summed E-state index contributed by atoms with van der Waals surface area (Å²) < 4.78 is 5.24. The van der Waals surface area contributed by atoms with Crippen molar-refractivity contribution >= 4 is 11.8 Å². The first-order valence-corrected chi connectivity index (χ1v) is 11.3. The van der Waals surface area contributed by atoms with Gasteiger partial charge in [0.1, 0.15) is 17.5 Å². The Bertz CT molecular complexity index is 832. The van der Waals surface area contributed by atoms with Crippen LogP contribution in [0.1, 0.15) is 56.6 Å². The van der Waals surface area contributed by atoms with Crippen LogP contribution in [0.15, 0.2) is 18.2 Å². The molecule has 0 amide bonds. The lowest BCUT2D eigenvalue weighted by atomic mass is 9.50. The van der Waals surface area contributed by atoms with Crippen molar-refractivity contribution in [3.8, 4) is 5.75 Å². The number of rotatable bonds is 4. The Morgan fingerprint density at radius 1 is 1.34 bits per heavy atom. The number of carbonyl (C=O) groups is 2. The van der Waals surface area contributed by atoms with Crippen molar-refractivity contribution < 1.29 is 19.4 Å². The highest BCUT2D eigenvalue weighted by Crippen LogP contribution is 2.56. The van der Waals surface area contributed by atoms with Gasteiger partial charge in [-0.15, -0.1) is 0 Å². The molecule has 156 valence electrons. The highest BCUT2D eigenvalue weighted by atomic mass is 16.5. The highest BCUT2D eigenvalue weighted by molar-refractivity contribution is 6.00. The molecule has 1 aromatic carbocycles. The van der Waals surface area contributed by atoms with Gasteiger partial charge in [-0.2, -0.15) is 0 Å². The summed E-state index contributed by atoms with van der Waals surface area (Å²) in [6.45, 7) is 4.25. The van der Waals surface area contributed by atoms with Crippen LogP contribution in [0.3, 0.4) is 0 Å². The predicted octanol–water partition coefficient (Wildman–Crippen LogP) is 3.22. The Labute approximate surface area is 172 Å². The molecule has 1 aromatic rings. The molecule has 0 spiro atoms. The summed E-state index contributed by atoms with van der Waals surface area (Å²) >= 11 is 0. The first-order valence-electron chi connectivity index (χ1n) is 11.3. The minimum atomic E-state index is -0.627. The maximum atomic E-state index is 13.1. The lowest BCUT2D eigenvalue weighted by molar-refractivity contribution is -0.157. The van der Waals surface area contributed by atoms with E-state index in [1.54, 1.807) is 13.0 Å². The molecular formula is C24H31NO4. The second-order valence-electron chi connectivity index (χ2n) is 9.60. The quantitative estimate of drug-likeness (QED) is 0.624. The van der Waals surface area contributed by atoms with Crippen molar-refractivity contribution in [2.75, 3.05) is 19.7 Å². The van der Waals surface area contributed by atoms with E-state index in [0.717, 1.165) is 37.4 Å². The topological polar surface area (TPSA) is 66.8 Å². The van der Waals surface area contributed by atoms with Crippen LogP contribution in [0.25, 0.3) is 0 Å². The number of esters is 1. The molecule has 5 rings (SSSR count). The number of hydrogen-bond acceptors (Lipinski definition) is 5. The van der Waals surface area contributed by atoms with Crippen LogP contribution in [0.4, 0.5) is 0 Å². The van der Waals surface area contributed by atoms with Crippen LogP contribution in [0.2, 0.25) is 0 Å². The molecule has 0 radical (unpaired) electrons. The van der Waals surface area contributed by atoms with Crippen molar-refractivity contribution in [3.05, 3.63) is 29.3 Å². The van der Waals surface area contributed by atoms with Crippen molar-refractivity contribution in [2.45, 2.75) is 63.3 Å². The van der Waals surface area contributed by atoms with E-state index < -0.39 is 5.92 Å². The number of ether oxygens (including phenoxy) is 1. The van der Waals surface area contributed by atoms with Gasteiger partial charge in [0.15, 0.2) is 0 Å². The number of hydrogen-bond donors (Lipinski definition) is 1. The summed E-state index contributed by atoms with van der Waals surface area (Å²) in [7, 11) is 0. The average molecular weight is 398 g/mol. The van der Waals surface area contributed by atoms with Crippen molar-refractivity contribution in [2.24, 2.45) is 17.8 Å². The number of Topliss-reactive ketones (excluding diaryl/α,β-unsaturated/α-hetero) is 1. The number of likely N-dealkylation sites (tertiary alicyclic amines) is 1. The van der Waals surface area contributed by atoms with Gasteiger partial charge >= 0.3 is 5.97 Å². The number of ketones is 1. The molecule has 2 saturated carbocycles. The molecule has 4 aliphatic rings. The fourth-order valence-electron chi connectivity index (χ4n) is 6.58. The molecule has 3 fully saturated rings. The Hall–Kier alpha value is -1.88. The third-order valence-corrected chi connectivity index (χ3v) is 8.20. The van der Waals surface area contributed by atoms with Crippen LogP contribution in [-0.4, -0.2) is 47.5 Å². The zero-order chi connectivity index (χ0) is 20.2. The fraction of sp³-hybridized carbons (Fsp3) is 0.667. The molecule has 2 bridgehead atoms. The van der Waals surface area contributed by atoms with E-state index in [9.17, 15) is 14.7 Å². The van der Waals surface area contributed by atoms with Crippen molar-refractivity contribution in [1.82, 2.24) is 4.90 Å². The molecule has 1 saturated heterocycles. The van der Waals surface area contributed by atoms with Crippen LogP contribution in [0.5, 0.6) is 5.75 Å². The number of phenolic OH excluding ortho intramolecular Hbond substituents is 1. The average Bonchev–Trinajstić information content (AvgIpc) is 2.66. The number of aromatic hydroxyl groups is 1. The van der Waals surface area contributed by atoms with Gasteiger partial charge in [0.05, 0.1) is 6.61 Å². The summed E-state index contributed by atoms with van der Waals surface area (Å²) in [6, 6.07) is 6.07. The predicted molar refractivity (Wildman–Crippen MR) is 109 cm³/mol. The number of piperidine rings is 1. The second kappa shape index (κ2) is 7.12. The summed E-state index contributed by atoms with van der Waals surface area (Å²) in [5.41, 5.74) is 2.18. The Kier molecular flexibility index (Phi) is 4.69. The van der Waals surface area contributed by atoms with Gasteiger partial charge < -0.3 is 9.84 Å². The molecule has 29 heavy (non-hydrogen) atoms. The summed E-state index contributed by atoms with van der Waals surface area (Å²) in [4.78, 5) is 28.3. The summed E-state index contributed by atoms with van der Waals surface area (Å²) in [5.74, 6) is 0.373. The van der Waals surface area contributed by atoms with Gasteiger partial charge in [0, 0.05) is 24.4 Å². The van der Waals surface area contributed by atoms with Gasteiger partial charge in [0.25, 0.3) is 0 Å². The lowest BCUT2D eigenvalue weighted by Gasteiger charge is -2.60. The maximum Gasteiger partial charge on any atom is 0.316 e. The smallest absolute Gasteiger partial charge is 0.316 e. The number of benzene rings is 1. The standard InChI is InChI=1S/C24H31NO4/c1-2-29-23(28)18-12-20-21-10-16-6-7-17(26)11-19(16)24(20,13-22(18)27)8-9-25(21)14-15-4-3-5-15/h6-7,11,15,18,20-21,26H,2-5,8-10,12-14H2,1H3/t18-,20?,21?,24?/m1/s1. The minimum Gasteiger partial charge on any atom is -0.508 e. The Morgan fingerprint density at radius 3 is 2.90 bits per heavy atom. The van der Waals surface area contributed by atoms with Crippen LogP contribution < -0.4 is 0 Å². The molecule has 1 aliphatic heterocycles. The number of fused-ring (bicyclic) bond motifs is 1. The van der Waals surface area contributed by atoms with E-state index >= 15 is 0 Å². The minimum absolute atomic E-state index is 0.0158. The molecule has 1 N–H and O–H groups in total. The number of nitrogens with zero attached hydrogens (tertiary/aromatic N) is 1. The maximum absolute atomic E-state index is 13.1. The molecule has 0 aromatic heterocycles. The molecular weight excluding hydrogens is 366 g/mol. The first-order chi connectivity index (χ1) is 14.0. The van der Waals surface area contributed by atoms with Crippen molar-refractivity contribution in [3.63, 3.8) is 0 Å². The molecule has 4 atom stereocenters. The Balaban J connectivity index is 1.53. The molecule has 5 heteroatoms. The molecule has 3 unspecified atom stereocenters. The number of phenols is 1. The second-order valence-corrected chi connectivity index (χ2v) is 9.60. The van der Waals surface area contributed by atoms with Gasteiger partial charge in [-0.25, -0.2) is 0 Å². The first kappa shape index (κ1) is 19.1. The van der Waals surface area contributed by atoms with E-state index in [0.29, 0.717) is 25.5 Å². The highest BCUT2D eigenvalue weighted by Gasteiger charge is 2.58. The van der Waals surface area contributed by atoms with E-state index in [1.807, 2.05) is 12.1 Å². The van der Waals surface area contributed by atoms with E-state index in [4.69, 9.17) is 4.74 Å². The van der Waals surface area contributed by atoms with Gasteiger partial charge in [0.2, 0.25) is 0 Å². The molecule has 3 aliphatic carbocycles. The number of carbonyl (C=O) groups excluding carboxylic acids is 2. The van der Waals surface area contributed by atoms with Gasteiger partial charge in [-0.3, -0.25) is 14.5 Å². The summed E-state index contributed by atoms with van der Waals surface area (Å²) in [6.07, 6.45) is 6.85. The fourth-order valence-corrected chi connectivity index (χ4v) is 6.58. The van der Waals surface area contributed by atoms with Crippen LogP contribution in [0, 0.1) is 17.8 Å². The molecule has 1 heterocycles. The van der Waals surface area contributed by atoms with Crippen LogP contribution >= 0.6 is 0 Å². The third-order valence-electron chi connectivity index (χ3n) is 8.20. The van der Waals surface area contributed by atoms with Crippen molar-refractivity contribution in [1.29, 1.82) is 0 Å². The SMILES string of the molecule is CCOC(=O)[C@@H]1CC2C3Cc4ccc(O)cc4C2(CCN3CC2CCC2)CC1=O. The van der Waals surface area contributed by atoms with Crippen LogP contribution in [-0.2, 0) is 26.2 Å². The van der Waals surface area contributed by atoms with E-state index in [1.165, 1.54) is 24.8 Å². The van der Waals surface area contributed by atoms with Gasteiger partial charge in [-0.1, -0.05) is 12.5 Å². The third kappa shape index (κ3) is 3.00. The zero-order valence-corrected chi connectivity index (χ0v) is 17.2. The monoisotopic (exact) mass is 397 g/mol. The van der Waals surface area contributed by atoms with Gasteiger partial charge in [-0.05, 0) is 80.7 Å². The Morgan fingerprint density at radius 2 is 2.17 bits per heavy atom. The zero-order valence-electron chi connectivity index (χ0n) is 17.2. The normalized spacial score (nSPS) is 34.1.